The predicted molar refractivity (Wildman–Crippen MR) is 124 cm³/mol. The Morgan fingerprint density at radius 3 is 2.84 bits per heavy atom. The molecular formula is C24H26N4O2S. The van der Waals surface area contributed by atoms with E-state index in [0.29, 0.717) is 29.9 Å². The summed E-state index contributed by atoms with van der Waals surface area (Å²) in [5.41, 5.74) is 3.33. The molecular weight excluding hydrogens is 408 g/mol. The van der Waals surface area contributed by atoms with Crippen molar-refractivity contribution in [3.63, 3.8) is 0 Å². The van der Waals surface area contributed by atoms with Crippen molar-refractivity contribution >= 4 is 23.4 Å². The lowest BCUT2D eigenvalue weighted by atomic mass is 10.0. The van der Waals surface area contributed by atoms with Gasteiger partial charge in [-0.2, -0.15) is 0 Å². The number of para-hydroxylation sites is 2. The Bertz CT molecular complexity index is 1080. The molecule has 7 heteroatoms. The zero-order valence-electron chi connectivity index (χ0n) is 17.7. The number of nitrogens with zero attached hydrogens (tertiary/aromatic N) is 4. The van der Waals surface area contributed by atoms with Gasteiger partial charge in [-0.3, -0.25) is 9.36 Å². The Kier molecular flexibility index (Phi) is 6.72. The molecule has 1 amide bonds. The molecule has 1 aliphatic heterocycles. The van der Waals surface area contributed by atoms with E-state index in [4.69, 9.17) is 4.74 Å². The third-order valence-corrected chi connectivity index (χ3v) is 6.24. The molecule has 31 heavy (non-hydrogen) atoms. The SMILES string of the molecule is C=CCn1c(COc2ccccc2C)nnc1SCC(=O)N1CCCc2ccccc21. The van der Waals surface area contributed by atoms with Crippen molar-refractivity contribution in [2.24, 2.45) is 0 Å². The number of rotatable bonds is 8. The van der Waals surface area contributed by atoms with Gasteiger partial charge < -0.3 is 9.64 Å². The molecule has 6 nitrogen and oxygen atoms in total. The number of ether oxygens (including phenoxy) is 1. The molecule has 0 radical (unpaired) electrons. The van der Waals surface area contributed by atoms with Gasteiger partial charge in [0.15, 0.2) is 11.0 Å². The van der Waals surface area contributed by atoms with Gasteiger partial charge >= 0.3 is 0 Å². The minimum absolute atomic E-state index is 0.0861. The average molecular weight is 435 g/mol. The number of fused-ring (bicyclic) bond motifs is 1. The highest BCUT2D eigenvalue weighted by Gasteiger charge is 2.23. The molecule has 0 aliphatic carbocycles. The maximum Gasteiger partial charge on any atom is 0.237 e. The molecule has 0 unspecified atom stereocenters. The monoisotopic (exact) mass is 434 g/mol. The lowest BCUT2D eigenvalue weighted by Crippen LogP contribution is -2.36. The van der Waals surface area contributed by atoms with Gasteiger partial charge in [0.2, 0.25) is 5.91 Å². The van der Waals surface area contributed by atoms with Gasteiger partial charge in [0.05, 0.1) is 5.75 Å². The summed E-state index contributed by atoms with van der Waals surface area (Å²) in [6.07, 6.45) is 3.80. The molecule has 0 saturated heterocycles. The summed E-state index contributed by atoms with van der Waals surface area (Å²) < 4.78 is 7.89. The number of aromatic nitrogens is 3. The Morgan fingerprint density at radius 1 is 1.19 bits per heavy atom. The maximum absolute atomic E-state index is 13.0. The minimum Gasteiger partial charge on any atom is -0.485 e. The summed E-state index contributed by atoms with van der Waals surface area (Å²) in [5.74, 6) is 1.93. The van der Waals surface area contributed by atoms with Gasteiger partial charge in [0.1, 0.15) is 12.4 Å². The summed E-state index contributed by atoms with van der Waals surface area (Å²) in [7, 11) is 0. The number of thioether (sulfide) groups is 1. The fourth-order valence-electron chi connectivity index (χ4n) is 3.70. The van der Waals surface area contributed by atoms with Crippen LogP contribution < -0.4 is 9.64 Å². The highest BCUT2D eigenvalue weighted by Crippen LogP contribution is 2.28. The van der Waals surface area contributed by atoms with E-state index in [9.17, 15) is 4.79 Å². The van der Waals surface area contributed by atoms with E-state index in [1.54, 1.807) is 6.08 Å². The number of aryl methyl sites for hydroxylation is 2. The molecule has 0 N–H and O–H groups in total. The van der Waals surface area contributed by atoms with E-state index in [1.807, 2.05) is 58.9 Å². The number of carbonyl (C=O) groups excluding carboxylic acids is 1. The number of hydrogen-bond acceptors (Lipinski definition) is 5. The van der Waals surface area contributed by atoms with Crippen molar-refractivity contribution in [3.05, 3.63) is 78.1 Å². The van der Waals surface area contributed by atoms with Crippen LogP contribution in [0.4, 0.5) is 5.69 Å². The molecule has 4 rings (SSSR count). The van der Waals surface area contributed by atoms with Crippen LogP contribution in [0.5, 0.6) is 5.75 Å². The summed E-state index contributed by atoms with van der Waals surface area (Å²) in [5, 5.41) is 9.30. The van der Waals surface area contributed by atoms with Crippen molar-refractivity contribution in [2.75, 3.05) is 17.2 Å². The third kappa shape index (κ3) is 4.82. The number of benzene rings is 2. The number of hydrogen-bond donors (Lipinski definition) is 0. The van der Waals surface area contributed by atoms with Crippen LogP contribution >= 0.6 is 11.8 Å². The molecule has 0 saturated carbocycles. The van der Waals surface area contributed by atoms with Crippen molar-refractivity contribution in [1.82, 2.24) is 14.8 Å². The van der Waals surface area contributed by atoms with E-state index >= 15 is 0 Å². The third-order valence-electron chi connectivity index (χ3n) is 5.29. The zero-order valence-corrected chi connectivity index (χ0v) is 18.5. The number of anilines is 1. The molecule has 1 aromatic heterocycles. The van der Waals surface area contributed by atoms with Gasteiger partial charge in [-0.25, -0.2) is 0 Å². The first-order valence-corrected chi connectivity index (χ1v) is 11.4. The van der Waals surface area contributed by atoms with E-state index in [-0.39, 0.29) is 5.91 Å². The van der Waals surface area contributed by atoms with Crippen LogP contribution in [0.3, 0.4) is 0 Å². The van der Waals surface area contributed by atoms with Gasteiger partial charge in [0, 0.05) is 18.8 Å². The van der Waals surface area contributed by atoms with Gasteiger partial charge in [0.25, 0.3) is 0 Å². The van der Waals surface area contributed by atoms with Crippen LogP contribution in [0.25, 0.3) is 0 Å². The van der Waals surface area contributed by atoms with Gasteiger partial charge in [-0.1, -0.05) is 54.2 Å². The molecule has 1 aliphatic rings. The van der Waals surface area contributed by atoms with Crippen LogP contribution in [0.15, 0.2) is 66.3 Å². The Morgan fingerprint density at radius 2 is 2.00 bits per heavy atom. The zero-order chi connectivity index (χ0) is 21.6. The normalized spacial score (nSPS) is 13.0. The average Bonchev–Trinajstić information content (AvgIpc) is 3.18. The molecule has 0 atom stereocenters. The summed E-state index contributed by atoms with van der Waals surface area (Å²) in [6.45, 7) is 7.47. The second-order valence-corrected chi connectivity index (χ2v) is 8.36. The van der Waals surface area contributed by atoms with E-state index in [2.05, 4.69) is 22.8 Å². The van der Waals surface area contributed by atoms with Crippen molar-refractivity contribution in [1.29, 1.82) is 0 Å². The molecule has 2 aromatic carbocycles. The largest absolute Gasteiger partial charge is 0.485 e. The van der Waals surface area contributed by atoms with E-state index in [0.717, 1.165) is 36.4 Å². The summed E-state index contributed by atoms with van der Waals surface area (Å²) >= 11 is 1.40. The van der Waals surface area contributed by atoms with Crippen LogP contribution in [-0.4, -0.2) is 33.0 Å². The quantitative estimate of drug-likeness (QED) is 0.388. The Balaban J connectivity index is 1.43. The standard InChI is InChI=1S/C24H26N4O2S/c1-3-14-28-22(16-30-21-13-7-4-9-18(21)2)25-26-24(28)31-17-23(29)27-15-8-11-19-10-5-6-12-20(19)27/h3-7,9-10,12-13H,1,8,11,14-17H2,2H3. The number of amides is 1. The highest BCUT2D eigenvalue weighted by molar-refractivity contribution is 7.99. The summed E-state index contributed by atoms with van der Waals surface area (Å²) in [4.78, 5) is 14.9. The second-order valence-electron chi connectivity index (χ2n) is 7.42. The molecule has 0 fully saturated rings. The molecule has 160 valence electrons. The molecule has 3 aromatic rings. The minimum atomic E-state index is 0.0861. The smallest absolute Gasteiger partial charge is 0.237 e. The molecule has 0 bridgehead atoms. The van der Waals surface area contributed by atoms with Crippen molar-refractivity contribution < 1.29 is 9.53 Å². The first kappa shape index (κ1) is 21.2. The number of allylic oxidation sites excluding steroid dienone is 1. The lowest BCUT2D eigenvalue weighted by molar-refractivity contribution is -0.116. The molecule has 2 heterocycles. The highest BCUT2D eigenvalue weighted by atomic mass is 32.2. The van der Waals surface area contributed by atoms with E-state index in [1.165, 1.54) is 17.3 Å². The Labute approximate surface area is 186 Å². The van der Waals surface area contributed by atoms with Gasteiger partial charge in [-0.15, -0.1) is 16.8 Å². The van der Waals surface area contributed by atoms with Crippen molar-refractivity contribution in [2.45, 2.75) is 38.1 Å². The molecule has 0 spiro atoms. The topological polar surface area (TPSA) is 60.2 Å². The number of carbonyl (C=O) groups is 1. The van der Waals surface area contributed by atoms with Crippen LogP contribution in [0, 0.1) is 6.92 Å². The van der Waals surface area contributed by atoms with Crippen LogP contribution in [0.2, 0.25) is 0 Å². The van der Waals surface area contributed by atoms with Gasteiger partial charge in [-0.05, 0) is 43.0 Å². The first-order chi connectivity index (χ1) is 15.2. The maximum atomic E-state index is 13.0. The first-order valence-electron chi connectivity index (χ1n) is 10.4. The van der Waals surface area contributed by atoms with E-state index < -0.39 is 0 Å². The van der Waals surface area contributed by atoms with Crippen LogP contribution in [-0.2, 0) is 24.4 Å². The second kappa shape index (κ2) is 9.83. The summed E-state index contributed by atoms with van der Waals surface area (Å²) in [6, 6.07) is 16.0. The lowest BCUT2D eigenvalue weighted by Gasteiger charge is -2.29. The van der Waals surface area contributed by atoms with Crippen LogP contribution in [0.1, 0.15) is 23.4 Å². The fourth-order valence-corrected chi connectivity index (χ4v) is 4.55. The van der Waals surface area contributed by atoms with Crippen molar-refractivity contribution in [3.8, 4) is 5.75 Å². The fraction of sp³-hybridized carbons (Fsp3) is 0.292. The predicted octanol–water partition coefficient (Wildman–Crippen LogP) is 4.42. The Hall–Kier alpha value is -3.06.